The summed E-state index contributed by atoms with van der Waals surface area (Å²) in [6.45, 7) is 17.9. The number of carbonyl (C=O) groups is 3. The Hall–Kier alpha value is -0.0913. The van der Waals surface area contributed by atoms with Gasteiger partial charge in [0.25, 0.3) is 0 Å². The molecular formula is C38H74O6S2Sn. The van der Waals surface area contributed by atoms with Gasteiger partial charge in [0.05, 0.1) is 11.9 Å². The van der Waals surface area contributed by atoms with E-state index in [1.54, 1.807) is 0 Å². The number of unbranched alkanes of at least 4 members (excludes halogenated alkanes) is 8. The van der Waals surface area contributed by atoms with Crippen LogP contribution in [0.3, 0.4) is 0 Å². The Morgan fingerprint density at radius 2 is 0.681 bits per heavy atom. The third kappa shape index (κ3) is 55.6. The van der Waals surface area contributed by atoms with Crippen molar-refractivity contribution in [2.24, 2.45) is 29.6 Å². The van der Waals surface area contributed by atoms with E-state index in [0.29, 0.717) is 0 Å². The zero-order valence-corrected chi connectivity index (χ0v) is 36.7. The van der Waals surface area contributed by atoms with Crippen molar-refractivity contribution in [2.75, 3.05) is 23.0 Å². The van der Waals surface area contributed by atoms with Crippen LogP contribution in [0.25, 0.3) is 0 Å². The molecule has 0 aliphatic heterocycles. The number of hydrogen-bond acceptors (Lipinski definition) is 8. The van der Waals surface area contributed by atoms with Crippen LogP contribution in [0, 0.1) is 29.6 Å². The van der Waals surface area contributed by atoms with Gasteiger partial charge in [-0.3, -0.25) is 0 Å². The molecule has 0 unspecified atom stereocenters. The molecule has 278 valence electrons. The van der Waals surface area contributed by atoms with Crippen LogP contribution in [-0.2, 0) is 14.4 Å². The molecule has 0 rings (SSSR count). The number of thioether (sulfide) groups is 2. The summed E-state index contributed by atoms with van der Waals surface area (Å²) in [6.07, 6.45) is 20.8. The number of carbonyl (C=O) groups excluding carboxylic acids is 3. The van der Waals surface area contributed by atoms with Crippen molar-refractivity contribution in [1.29, 1.82) is 0 Å². The average Bonchev–Trinajstić information content (AvgIpc) is 2.94. The third-order valence-corrected chi connectivity index (χ3v) is 9.62. The van der Waals surface area contributed by atoms with Crippen LogP contribution in [0.2, 0.25) is 0 Å². The fourth-order valence-corrected chi connectivity index (χ4v) is 6.24. The molecule has 0 atom stereocenters. The molecule has 0 aromatic carbocycles. The van der Waals surface area contributed by atoms with Crippen molar-refractivity contribution < 1.29 is 29.7 Å². The molecule has 0 N–H and O–H groups in total. The molecule has 0 amide bonds. The summed E-state index contributed by atoms with van der Waals surface area (Å²) in [5.41, 5.74) is 0. The van der Waals surface area contributed by atoms with Crippen LogP contribution in [0.1, 0.15) is 171 Å². The zero-order valence-electron chi connectivity index (χ0n) is 31.8. The van der Waals surface area contributed by atoms with Crippen LogP contribution in [0.15, 0.2) is 0 Å². The fraction of sp³-hybridized carbons (Fsp3) is 0.921. The third-order valence-electron chi connectivity index (χ3n) is 7.58. The monoisotopic (exact) mass is 810 g/mol. The second-order valence-corrected chi connectivity index (χ2v) is 16.6. The first kappa shape index (κ1) is 53.7. The maximum atomic E-state index is 11.1. The van der Waals surface area contributed by atoms with E-state index in [1.807, 2.05) is 0 Å². The second-order valence-electron chi connectivity index (χ2n) is 14.4. The number of carboxylic acids is 3. The molecule has 0 aromatic rings. The van der Waals surface area contributed by atoms with E-state index in [4.69, 9.17) is 0 Å². The van der Waals surface area contributed by atoms with Crippen molar-refractivity contribution in [2.45, 2.75) is 171 Å². The minimum absolute atomic E-state index is 0. The van der Waals surface area contributed by atoms with E-state index in [2.05, 4.69) is 55.4 Å². The quantitative estimate of drug-likeness (QED) is 0.0571. The normalized spacial score (nSPS) is 10.9. The first-order valence-electron chi connectivity index (χ1n) is 18.4. The van der Waals surface area contributed by atoms with Gasteiger partial charge in [0, 0.05) is 17.5 Å². The van der Waals surface area contributed by atoms with Gasteiger partial charge in [-0.1, -0.05) is 145 Å². The van der Waals surface area contributed by atoms with Crippen LogP contribution in [0.5, 0.6) is 0 Å². The van der Waals surface area contributed by atoms with Gasteiger partial charge >= 0.3 is 23.9 Å². The van der Waals surface area contributed by atoms with E-state index in [9.17, 15) is 29.7 Å². The summed E-state index contributed by atoms with van der Waals surface area (Å²) in [4.78, 5) is 31.2. The van der Waals surface area contributed by atoms with Crippen molar-refractivity contribution >= 4 is 65.3 Å². The Bertz CT molecular complexity index is 639. The fourth-order valence-electron chi connectivity index (χ4n) is 4.80. The van der Waals surface area contributed by atoms with E-state index in [0.717, 1.165) is 86.5 Å². The van der Waals surface area contributed by atoms with Crippen LogP contribution >= 0.6 is 23.5 Å². The summed E-state index contributed by atoms with van der Waals surface area (Å²) in [5.74, 6) is 2.32. The first-order chi connectivity index (χ1) is 21.7. The molecule has 0 spiro atoms. The van der Waals surface area contributed by atoms with Gasteiger partial charge in [0.2, 0.25) is 0 Å². The molecule has 0 saturated carbocycles. The van der Waals surface area contributed by atoms with E-state index in [-0.39, 0.29) is 41.3 Å². The predicted octanol–water partition coefficient (Wildman–Crippen LogP) is 7.29. The summed E-state index contributed by atoms with van der Waals surface area (Å²) in [7, 11) is 0. The molecule has 0 radical (unpaired) electrons. The predicted molar refractivity (Wildman–Crippen MR) is 203 cm³/mol. The second kappa shape index (κ2) is 40.3. The number of aliphatic carboxylic acids is 3. The molecule has 0 aromatic heterocycles. The van der Waals surface area contributed by atoms with Gasteiger partial charge < -0.3 is 29.7 Å². The Balaban J connectivity index is -0.000000303. The first-order valence-corrected chi connectivity index (χ1v) is 20.8. The van der Waals surface area contributed by atoms with Gasteiger partial charge in [0.1, 0.15) is 0 Å². The van der Waals surface area contributed by atoms with Crippen molar-refractivity contribution in [1.82, 2.24) is 0 Å². The van der Waals surface area contributed by atoms with E-state index < -0.39 is 17.9 Å². The van der Waals surface area contributed by atoms with E-state index >= 15 is 0 Å². The summed E-state index contributed by atoms with van der Waals surface area (Å²) >= 11 is 2.92. The Kier molecular flexibility index (Phi) is 46.1. The van der Waals surface area contributed by atoms with Gasteiger partial charge in [-0.05, 0) is 66.8 Å². The van der Waals surface area contributed by atoms with Crippen molar-refractivity contribution in [3.63, 3.8) is 0 Å². The van der Waals surface area contributed by atoms with Crippen LogP contribution < -0.4 is 15.3 Å². The molecule has 9 heteroatoms. The molecule has 0 heterocycles. The summed E-state index contributed by atoms with van der Waals surface area (Å²) in [6, 6.07) is 0. The molecule has 6 nitrogen and oxygen atoms in total. The van der Waals surface area contributed by atoms with Gasteiger partial charge in [-0.2, -0.15) is 23.5 Å². The Morgan fingerprint density at radius 1 is 0.426 bits per heavy atom. The van der Waals surface area contributed by atoms with Gasteiger partial charge in [-0.25, -0.2) is 0 Å². The maximum absolute atomic E-state index is 11.1. The SMILES string of the molecule is CC(C)CCCCCC(CCCCCC(C)C)C(=O)[O-].CC(C)CCCCCSCC(=O)[O-].CC(C)CCCCCSCC(=O)[O-].[SnH+3]. The van der Waals surface area contributed by atoms with Crippen molar-refractivity contribution in [3.8, 4) is 0 Å². The Labute approximate surface area is 316 Å². The molecule has 0 bridgehead atoms. The van der Waals surface area contributed by atoms with Gasteiger partial charge in [-0.15, -0.1) is 0 Å². The molecular weight excluding hydrogens is 735 g/mol. The minimum atomic E-state index is -0.952. The summed E-state index contributed by atoms with van der Waals surface area (Å²) < 4.78 is 0. The summed E-state index contributed by atoms with van der Waals surface area (Å²) in [5, 5.41) is 31.2. The topological polar surface area (TPSA) is 120 Å². The molecule has 47 heavy (non-hydrogen) atoms. The Morgan fingerprint density at radius 3 is 0.915 bits per heavy atom. The molecule has 0 saturated heterocycles. The van der Waals surface area contributed by atoms with E-state index in [1.165, 1.54) is 87.7 Å². The zero-order chi connectivity index (χ0) is 35.6. The van der Waals surface area contributed by atoms with Crippen LogP contribution in [0.4, 0.5) is 0 Å². The standard InChI is InChI=1S/C18H36O2.2C10H20O2S.Sn.H/c1-15(2)11-7-5-9-13-17(18(19)20)14-10-6-8-12-16(3)4;2*1-9(2)6-4-3-5-7-13-8-10(11)12;;/h15-17H,5-14H2,1-4H3,(H,19,20);2*9H,3-8H2,1-2H3,(H,11,12);;/q;;;+3;/p-3. The number of carboxylic acid groups (broad SMARTS) is 3. The van der Waals surface area contributed by atoms with Crippen LogP contribution in [-0.4, -0.2) is 64.8 Å². The average molecular weight is 810 g/mol. The molecule has 0 aliphatic rings. The van der Waals surface area contributed by atoms with Crippen molar-refractivity contribution in [3.05, 3.63) is 0 Å². The molecule has 0 fully saturated rings. The molecule has 0 aliphatic carbocycles. The van der Waals surface area contributed by atoms with Gasteiger partial charge in [0.15, 0.2) is 0 Å². The number of hydrogen-bond donors (Lipinski definition) is 0. The number of rotatable bonds is 29.